The monoisotopic (exact) mass is 309 g/mol. The van der Waals surface area contributed by atoms with Crippen LogP contribution in [-0.4, -0.2) is 49.6 Å². The molecule has 21 heavy (non-hydrogen) atoms. The molecule has 0 bridgehead atoms. The number of rotatable bonds is 6. The predicted molar refractivity (Wildman–Crippen MR) is 94.4 cm³/mol. The number of pyridine rings is 1. The Labute approximate surface area is 132 Å². The van der Waals surface area contributed by atoms with Crippen molar-refractivity contribution in [3.05, 3.63) is 23.9 Å². The van der Waals surface area contributed by atoms with Crippen LogP contribution in [-0.2, 0) is 6.54 Å². The fourth-order valence-corrected chi connectivity index (χ4v) is 1.79. The van der Waals surface area contributed by atoms with Crippen LogP contribution >= 0.6 is 11.8 Å². The number of aliphatic imine (C=N–C) groups is 1. The van der Waals surface area contributed by atoms with Crippen molar-refractivity contribution in [2.75, 3.05) is 38.8 Å². The third-order valence-corrected chi connectivity index (χ3v) is 4.39. The van der Waals surface area contributed by atoms with Gasteiger partial charge in [-0.1, -0.05) is 6.07 Å². The van der Waals surface area contributed by atoms with E-state index in [1.807, 2.05) is 49.0 Å². The summed E-state index contributed by atoms with van der Waals surface area (Å²) < 4.78 is 0.181. The molecular weight excluding hydrogens is 282 g/mol. The summed E-state index contributed by atoms with van der Waals surface area (Å²) in [5.74, 6) is 1.76. The lowest BCUT2D eigenvalue weighted by Gasteiger charge is -2.23. The summed E-state index contributed by atoms with van der Waals surface area (Å²) >= 11 is 1.84. The van der Waals surface area contributed by atoms with Gasteiger partial charge in [-0.25, -0.2) is 4.98 Å². The van der Waals surface area contributed by atoms with Gasteiger partial charge >= 0.3 is 0 Å². The van der Waals surface area contributed by atoms with Crippen molar-refractivity contribution < 1.29 is 0 Å². The van der Waals surface area contributed by atoms with Gasteiger partial charge in [-0.2, -0.15) is 11.8 Å². The summed E-state index contributed by atoms with van der Waals surface area (Å²) in [4.78, 5) is 10.8. The van der Waals surface area contributed by atoms with Gasteiger partial charge in [-0.05, 0) is 32.2 Å². The summed E-state index contributed by atoms with van der Waals surface area (Å²) in [6.07, 6.45) is 2.12. The lowest BCUT2D eigenvalue weighted by Crippen LogP contribution is -2.43. The molecule has 1 aromatic heterocycles. The quantitative estimate of drug-likeness (QED) is 0.621. The molecule has 1 heterocycles. The molecule has 2 N–H and O–H groups in total. The first-order chi connectivity index (χ1) is 9.88. The molecule has 0 amide bonds. The summed E-state index contributed by atoms with van der Waals surface area (Å²) in [5.41, 5.74) is 0.994. The lowest BCUT2D eigenvalue weighted by molar-refractivity contribution is 0.663. The van der Waals surface area contributed by atoms with Gasteiger partial charge in [0.05, 0.1) is 12.2 Å². The molecule has 0 aliphatic heterocycles. The minimum atomic E-state index is 0.181. The Hall–Kier alpha value is -1.43. The average molecular weight is 309 g/mol. The fraction of sp³-hybridized carbons (Fsp3) is 0.600. The summed E-state index contributed by atoms with van der Waals surface area (Å²) in [6.45, 7) is 5.93. The molecule has 0 atom stereocenters. The predicted octanol–water partition coefficient (Wildman–Crippen LogP) is 1.95. The molecule has 0 saturated carbocycles. The molecule has 0 spiro atoms. The SMILES string of the molecule is CN=C(NCc1cccc(N(C)C)n1)NCC(C)(C)SC. The Morgan fingerprint density at radius 3 is 2.62 bits per heavy atom. The van der Waals surface area contributed by atoms with Gasteiger partial charge in [0.1, 0.15) is 5.82 Å². The number of hydrogen-bond acceptors (Lipinski definition) is 4. The maximum atomic E-state index is 4.58. The van der Waals surface area contributed by atoms with E-state index in [-0.39, 0.29) is 4.75 Å². The highest BCUT2D eigenvalue weighted by Gasteiger charge is 2.16. The van der Waals surface area contributed by atoms with Crippen LogP contribution < -0.4 is 15.5 Å². The highest BCUT2D eigenvalue weighted by molar-refractivity contribution is 7.99. The molecule has 0 unspecified atom stereocenters. The summed E-state index contributed by atoms with van der Waals surface area (Å²) in [6, 6.07) is 6.03. The zero-order chi connectivity index (χ0) is 15.9. The van der Waals surface area contributed by atoms with Crippen LogP contribution in [0, 0.1) is 0 Å². The number of nitrogens with one attached hydrogen (secondary N) is 2. The van der Waals surface area contributed by atoms with Crippen molar-refractivity contribution in [3.8, 4) is 0 Å². The number of hydrogen-bond donors (Lipinski definition) is 2. The first-order valence-corrected chi connectivity index (χ1v) is 8.23. The van der Waals surface area contributed by atoms with E-state index in [1.165, 1.54) is 0 Å². The van der Waals surface area contributed by atoms with Gasteiger partial charge < -0.3 is 15.5 Å². The number of anilines is 1. The molecule has 0 aromatic carbocycles. The molecule has 6 heteroatoms. The smallest absolute Gasteiger partial charge is 0.191 e. The third-order valence-electron chi connectivity index (χ3n) is 3.14. The van der Waals surface area contributed by atoms with Crippen molar-refractivity contribution in [1.29, 1.82) is 0 Å². The Balaban J connectivity index is 2.54. The van der Waals surface area contributed by atoms with E-state index < -0.39 is 0 Å². The molecule has 5 nitrogen and oxygen atoms in total. The second-order valence-corrected chi connectivity index (χ2v) is 7.14. The van der Waals surface area contributed by atoms with E-state index >= 15 is 0 Å². The lowest BCUT2D eigenvalue weighted by atomic mass is 10.2. The van der Waals surface area contributed by atoms with Crippen molar-refractivity contribution in [2.24, 2.45) is 4.99 Å². The molecule has 1 rings (SSSR count). The molecule has 118 valence electrons. The van der Waals surface area contributed by atoms with Gasteiger partial charge in [-0.15, -0.1) is 0 Å². The van der Waals surface area contributed by atoms with Crippen molar-refractivity contribution in [1.82, 2.24) is 15.6 Å². The normalized spacial score (nSPS) is 12.2. The van der Waals surface area contributed by atoms with Crippen LogP contribution in [0.5, 0.6) is 0 Å². The van der Waals surface area contributed by atoms with Crippen molar-refractivity contribution in [3.63, 3.8) is 0 Å². The molecular formula is C15H27N5S. The van der Waals surface area contributed by atoms with Crippen LogP contribution in [0.2, 0.25) is 0 Å². The fourth-order valence-electron chi connectivity index (χ4n) is 1.58. The topological polar surface area (TPSA) is 52.6 Å². The van der Waals surface area contributed by atoms with Crippen LogP contribution in [0.1, 0.15) is 19.5 Å². The minimum Gasteiger partial charge on any atom is -0.363 e. The van der Waals surface area contributed by atoms with E-state index in [0.717, 1.165) is 24.0 Å². The molecule has 0 saturated heterocycles. The Bertz CT molecular complexity index is 471. The van der Waals surface area contributed by atoms with E-state index in [0.29, 0.717) is 6.54 Å². The van der Waals surface area contributed by atoms with E-state index in [4.69, 9.17) is 0 Å². The Morgan fingerprint density at radius 1 is 1.33 bits per heavy atom. The van der Waals surface area contributed by atoms with Crippen LogP contribution in [0.4, 0.5) is 5.82 Å². The van der Waals surface area contributed by atoms with Gasteiger partial charge in [0.15, 0.2) is 5.96 Å². The first-order valence-electron chi connectivity index (χ1n) is 7.01. The molecule has 0 radical (unpaired) electrons. The van der Waals surface area contributed by atoms with Gasteiger partial charge in [0.2, 0.25) is 0 Å². The molecule has 0 fully saturated rings. The molecule has 0 aliphatic carbocycles. The largest absolute Gasteiger partial charge is 0.363 e. The minimum absolute atomic E-state index is 0.181. The zero-order valence-corrected chi connectivity index (χ0v) is 14.7. The third kappa shape index (κ3) is 6.25. The van der Waals surface area contributed by atoms with Gasteiger partial charge in [0.25, 0.3) is 0 Å². The standard InChI is InChI=1S/C15H27N5S/c1-15(2,21-6)11-18-14(16-3)17-10-12-8-7-9-13(19-12)20(4)5/h7-9H,10-11H2,1-6H3,(H2,16,17,18). The zero-order valence-electron chi connectivity index (χ0n) is 13.9. The van der Waals surface area contributed by atoms with E-state index in [2.05, 4.69) is 40.7 Å². The van der Waals surface area contributed by atoms with Crippen molar-refractivity contribution in [2.45, 2.75) is 25.1 Å². The average Bonchev–Trinajstić information content (AvgIpc) is 2.47. The number of aromatic nitrogens is 1. The molecule has 1 aromatic rings. The van der Waals surface area contributed by atoms with Gasteiger partial charge in [-0.3, -0.25) is 4.99 Å². The first kappa shape index (κ1) is 17.6. The summed E-state index contributed by atoms with van der Waals surface area (Å²) in [7, 11) is 5.76. The number of nitrogens with zero attached hydrogens (tertiary/aromatic N) is 3. The Kier molecular flexibility index (Phi) is 6.81. The van der Waals surface area contributed by atoms with Crippen molar-refractivity contribution >= 4 is 23.5 Å². The van der Waals surface area contributed by atoms with E-state index in [9.17, 15) is 0 Å². The van der Waals surface area contributed by atoms with Crippen LogP contribution in [0.25, 0.3) is 0 Å². The van der Waals surface area contributed by atoms with Gasteiger partial charge in [0, 0.05) is 32.4 Å². The second kappa shape index (κ2) is 8.12. The van der Waals surface area contributed by atoms with Crippen LogP contribution in [0.15, 0.2) is 23.2 Å². The van der Waals surface area contributed by atoms with E-state index in [1.54, 1.807) is 7.05 Å². The highest BCUT2D eigenvalue weighted by atomic mass is 32.2. The maximum absolute atomic E-state index is 4.58. The Morgan fingerprint density at radius 2 is 2.05 bits per heavy atom. The molecule has 0 aliphatic rings. The summed E-state index contributed by atoms with van der Waals surface area (Å²) in [5, 5.41) is 6.65. The maximum Gasteiger partial charge on any atom is 0.191 e. The number of guanidine groups is 1. The second-order valence-electron chi connectivity index (χ2n) is 5.62. The van der Waals surface area contributed by atoms with Crippen LogP contribution in [0.3, 0.4) is 0 Å². The highest BCUT2D eigenvalue weighted by Crippen LogP contribution is 2.19. The number of thioether (sulfide) groups is 1.